The fourth-order valence-electron chi connectivity index (χ4n) is 5.74. The van der Waals surface area contributed by atoms with Crippen LogP contribution in [-0.4, -0.2) is 66.1 Å². The second-order valence-corrected chi connectivity index (χ2v) is 11.5. The molecule has 1 aromatic carbocycles. The second-order valence-electron chi connectivity index (χ2n) is 11.5. The van der Waals surface area contributed by atoms with Gasteiger partial charge in [0, 0.05) is 54.2 Å². The second kappa shape index (κ2) is 9.50. The van der Waals surface area contributed by atoms with E-state index in [1.165, 1.54) is 4.90 Å². The summed E-state index contributed by atoms with van der Waals surface area (Å²) in [6.45, 7) is 7.11. The molecule has 1 N–H and O–H groups in total. The Kier molecular flexibility index (Phi) is 6.19. The first kappa shape index (κ1) is 26.1. The molecule has 6 rings (SSSR count). The fraction of sp³-hybridized carbons (Fsp3) is 0.414. The largest absolute Gasteiger partial charge is 0.473 e. The van der Waals surface area contributed by atoms with Gasteiger partial charge in [-0.1, -0.05) is 6.07 Å². The Bertz CT molecular complexity index is 1570. The fourth-order valence-corrected chi connectivity index (χ4v) is 5.74. The number of benzene rings is 1. The summed E-state index contributed by atoms with van der Waals surface area (Å²) in [5.74, 6) is -2.77. The number of carbonyl (C=O) groups is 1. The Labute approximate surface area is 229 Å². The van der Waals surface area contributed by atoms with Crippen LogP contribution in [0.25, 0.3) is 33.3 Å². The number of pyridine rings is 1. The molecule has 2 aliphatic rings. The number of H-pyrrole nitrogens is 1. The van der Waals surface area contributed by atoms with E-state index in [4.69, 9.17) is 9.47 Å². The molecule has 0 aliphatic carbocycles. The summed E-state index contributed by atoms with van der Waals surface area (Å²) in [6, 6.07) is 9.48. The van der Waals surface area contributed by atoms with Crippen molar-refractivity contribution in [2.45, 2.75) is 76.7 Å². The van der Waals surface area contributed by atoms with Crippen molar-refractivity contribution in [2.75, 3.05) is 0 Å². The van der Waals surface area contributed by atoms with E-state index in [-0.39, 0.29) is 18.7 Å². The van der Waals surface area contributed by atoms with Gasteiger partial charge >= 0.3 is 6.09 Å². The van der Waals surface area contributed by atoms with Crippen LogP contribution < -0.4 is 4.74 Å². The zero-order valence-corrected chi connectivity index (χ0v) is 22.7. The van der Waals surface area contributed by atoms with Gasteiger partial charge in [-0.2, -0.15) is 5.10 Å². The number of hydrogen-bond donors (Lipinski definition) is 1. The summed E-state index contributed by atoms with van der Waals surface area (Å²) >= 11 is 0. The summed E-state index contributed by atoms with van der Waals surface area (Å²) in [5.41, 5.74) is 4.48. The molecule has 5 heterocycles. The number of nitrogens with one attached hydrogen (secondary N) is 1. The van der Waals surface area contributed by atoms with Crippen LogP contribution >= 0.6 is 0 Å². The molecule has 11 heteroatoms. The zero-order chi connectivity index (χ0) is 28.2. The molecule has 3 unspecified atom stereocenters. The lowest BCUT2D eigenvalue weighted by Gasteiger charge is -2.39. The minimum atomic E-state index is -3.01. The number of alkyl halides is 2. The van der Waals surface area contributed by atoms with Gasteiger partial charge in [0.15, 0.2) is 0 Å². The van der Waals surface area contributed by atoms with Crippen LogP contribution in [0.1, 0.15) is 45.7 Å². The van der Waals surface area contributed by atoms with Crippen molar-refractivity contribution < 1.29 is 23.0 Å². The number of halogens is 2. The topological polar surface area (TPSA) is 106 Å². The van der Waals surface area contributed by atoms with Crippen LogP contribution in [0.5, 0.6) is 5.88 Å². The lowest BCUT2D eigenvalue weighted by atomic mass is 9.98. The highest BCUT2D eigenvalue weighted by atomic mass is 19.3. The number of amides is 1. The summed E-state index contributed by atoms with van der Waals surface area (Å²) in [6.07, 6.45) is 2.17. The SMILES string of the molecule is Cc1cc(-c2ccc(-c3ccc(OC4CC5CC(F)(F)C(C4)N5C(=O)OC(C)(C)C)nn3)c3[nH]ncc23)ccn1. The number of hydrogen-bond acceptors (Lipinski definition) is 7. The van der Waals surface area contributed by atoms with Crippen molar-refractivity contribution in [3.05, 3.63) is 54.5 Å². The van der Waals surface area contributed by atoms with Crippen molar-refractivity contribution in [2.24, 2.45) is 0 Å². The molecule has 1 amide bonds. The number of ether oxygens (including phenoxy) is 2. The highest BCUT2D eigenvalue weighted by Gasteiger charge is 2.60. The molecule has 2 bridgehead atoms. The quantitative estimate of drug-likeness (QED) is 0.336. The van der Waals surface area contributed by atoms with E-state index >= 15 is 0 Å². The maximum atomic E-state index is 14.8. The molecule has 3 aromatic heterocycles. The number of piperidine rings is 1. The molecular formula is C29H30F2N6O3. The van der Waals surface area contributed by atoms with Crippen LogP contribution in [0, 0.1) is 6.92 Å². The molecule has 3 atom stereocenters. The minimum Gasteiger partial charge on any atom is -0.473 e. The van der Waals surface area contributed by atoms with Gasteiger partial charge in [-0.05, 0) is 63.1 Å². The Balaban J connectivity index is 1.19. The molecule has 2 fully saturated rings. The van der Waals surface area contributed by atoms with Gasteiger partial charge in [-0.15, -0.1) is 10.2 Å². The van der Waals surface area contributed by atoms with Crippen molar-refractivity contribution in [3.63, 3.8) is 0 Å². The Hall–Kier alpha value is -4.15. The number of fused-ring (bicyclic) bond motifs is 3. The van der Waals surface area contributed by atoms with Gasteiger partial charge in [0.05, 0.1) is 17.4 Å². The average molecular weight is 549 g/mol. The molecular weight excluding hydrogens is 518 g/mol. The van der Waals surface area contributed by atoms with Crippen LogP contribution in [0.3, 0.4) is 0 Å². The lowest BCUT2D eigenvalue weighted by Crippen LogP contribution is -2.53. The molecule has 9 nitrogen and oxygen atoms in total. The van der Waals surface area contributed by atoms with Crippen LogP contribution in [0.15, 0.2) is 48.8 Å². The molecule has 40 heavy (non-hydrogen) atoms. The monoisotopic (exact) mass is 548 g/mol. The molecule has 2 saturated heterocycles. The number of nitrogens with zero attached hydrogens (tertiary/aromatic N) is 5. The average Bonchev–Trinajstić information content (AvgIpc) is 3.43. The van der Waals surface area contributed by atoms with Crippen molar-refractivity contribution in [1.82, 2.24) is 30.3 Å². The number of rotatable bonds is 4. The van der Waals surface area contributed by atoms with Gasteiger partial charge in [0.1, 0.15) is 17.7 Å². The summed E-state index contributed by atoms with van der Waals surface area (Å²) < 4.78 is 41.0. The molecule has 0 saturated carbocycles. The van der Waals surface area contributed by atoms with E-state index in [1.807, 2.05) is 31.2 Å². The van der Waals surface area contributed by atoms with Gasteiger partial charge in [-0.25, -0.2) is 13.6 Å². The molecule has 0 spiro atoms. The Morgan fingerprint density at radius 3 is 2.60 bits per heavy atom. The van der Waals surface area contributed by atoms with Gasteiger partial charge in [0.2, 0.25) is 5.88 Å². The van der Waals surface area contributed by atoms with Crippen molar-refractivity contribution in [3.8, 4) is 28.3 Å². The van der Waals surface area contributed by atoms with E-state index < -0.39 is 42.2 Å². The molecule has 0 radical (unpaired) electrons. The maximum Gasteiger partial charge on any atom is 0.411 e. The predicted molar refractivity (Wildman–Crippen MR) is 144 cm³/mol. The highest BCUT2D eigenvalue weighted by molar-refractivity contribution is 6.01. The standard InChI is InChI=1S/C29H30F2N6O3/c1-16-11-17(9-10-32-16)20-5-6-21(26-22(20)15-33-36-26)23-7-8-25(35-34-23)39-19-12-18-14-29(30,31)24(13-19)37(18)27(38)40-28(2,3)4/h5-11,15,18-19,24H,12-14H2,1-4H3,(H,33,36). The summed E-state index contributed by atoms with van der Waals surface area (Å²) in [5, 5.41) is 16.9. The number of aryl methyl sites for hydroxylation is 1. The van der Waals surface area contributed by atoms with E-state index in [9.17, 15) is 13.6 Å². The van der Waals surface area contributed by atoms with Gasteiger partial charge in [0.25, 0.3) is 5.92 Å². The van der Waals surface area contributed by atoms with E-state index in [0.29, 0.717) is 5.69 Å². The minimum absolute atomic E-state index is 0.0170. The lowest BCUT2D eigenvalue weighted by molar-refractivity contribution is -0.0609. The predicted octanol–water partition coefficient (Wildman–Crippen LogP) is 5.94. The van der Waals surface area contributed by atoms with Crippen LogP contribution in [0.2, 0.25) is 0 Å². The first-order valence-corrected chi connectivity index (χ1v) is 13.3. The van der Waals surface area contributed by atoms with E-state index in [2.05, 4.69) is 25.4 Å². The van der Waals surface area contributed by atoms with Crippen LogP contribution in [0.4, 0.5) is 13.6 Å². The molecule has 208 valence electrons. The van der Waals surface area contributed by atoms with E-state index in [1.54, 1.807) is 45.3 Å². The summed E-state index contributed by atoms with van der Waals surface area (Å²) in [7, 11) is 0. The molecule has 2 aliphatic heterocycles. The van der Waals surface area contributed by atoms with Crippen LogP contribution in [-0.2, 0) is 4.74 Å². The summed E-state index contributed by atoms with van der Waals surface area (Å²) in [4.78, 5) is 18.2. The van der Waals surface area contributed by atoms with Crippen molar-refractivity contribution in [1.29, 1.82) is 0 Å². The first-order chi connectivity index (χ1) is 19.0. The van der Waals surface area contributed by atoms with E-state index in [0.717, 1.165) is 33.3 Å². The Morgan fingerprint density at radius 2 is 1.90 bits per heavy atom. The Morgan fingerprint density at radius 1 is 1.10 bits per heavy atom. The first-order valence-electron chi connectivity index (χ1n) is 13.3. The third-order valence-corrected chi connectivity index (χ3v) is 7.38. The highest BCUT2D eigenvalue weighted by Crippen LogP contribution is 2.47. The van der Waals surface area contributed by atoms with Crippen molar-refractivity contribution >= 4 is 17.0 Å². The third-order valence-electron chi connectivity index (χ3n) is 7.38. The van der Waals surface area contributed by atoms with Gasteiger partial charge in [-0.3, -0.25) is 15.0 Å². The smallest absolute Gasteiger partial charge is 0.411 e. The molecule has 4 aromatic rings. The normalized spacial score (nSPS) is 21.9. The maximum absolute atomic E-state index is 14.8. The zero-order valence-electron chi connectivity index (χ0n) is 22.7. The number of aromatic amines is 1. The third kappa shape index (κ3) is 4.84. The van der Waals surface area contributed by atoms with Gasteiger partial charge < -0.3 is 9.47 Å². The number of aromatic nitrogens is 5. The number of carbonyl (C=O) groups excluding carboxylic acids is 1.